The predicted octanol–water partition coefficient (Wildman–Crippen LogP) is 4.36. The third kappa shape index (κ3) is 4.63. The summed E-state index contributed by atoms with van der Waals surface area (Å²) in [5, 5.41) is 6.08. The van der Waals surface area contributed by atoms with Gasteiger partial charge in [-0.05, 0) is 36.6 Å². The van der Waals surface area contributed by atoms with Crippen molar-refractivity contribution in [3.8, 4) is 11.5 Å². The molecule has 0 aliphatic heterocycles. The smallest absolute Gasteiger partial charge is 0.275 e. The molecule has 0 radical (unpaired) electrons. The molecule has 29 heavy (non-hydrogen) atoms. The number of para-hydroxylation sites is 1. The number of methoxy groups -OCH3 is 2. The highest BCUT2D eigenvalue weighted by Crippen LogP contribution is 2.30. The molecular formula is C22H24N4O3. The molecule has 2 aromatic carbocycles. The number of aryl methyl sites for hydroxylation is 2. The number of anilines is 3. The molecule has 0 saturated heterocycles. The van der Waals surface area contributed by atoms with Crippen molar-refractivity contribution >= 4 is 23.1 Å². The highest BCUT2D eigenvalue weighted by molar-refractivity contribution is 6.03. The number of rotatable bonds is 7. The number of benzene rings is 2. The highest BCUT2D eigenvalue weighted by Gasteiger charge is 2.13. The summed E-state index contributed by atoms with van der Waals surface area (Å²) >= 11 is 0. The SMILES string of the molecule is CCc1cccc(C)c1NC(=O)c1cnc(Nc2cc(OC)ccc2OC)cn1. The van der Waals surface area contributed by atoms with Crippen molar-refractivity contribution in [1.82, 2.24) is 9.97 Å². The zero-order chi connectivity index (χ0) is 20.8. The maximum absolute atomic E-state index is 12.6. The van der Waals surface area contributed by atoms with E-state index in [1.807, 2.05) is 25.1 Å². The van der Waals surface area contributed by atoms with Gasteiger partial charge in [-0.1, -0.05) is 25.1 Å². The Bertz CT molecular complexity index is 1000. The van der Waals surface area contributed by atoms with Crippen LogP contribution >= 0.6 is 0 Å². The largest absolute Gasteiger partial charge is 0.497 e. The lowest BCUT2D eigenvalue weighted by molar-refractivity contribution is 0.102. The van der Waals surface area contributed by atoms with Gasteiger partial charge in [-0.3, -0.25) is 4.79 Å². The third-order valence-corrected chi connectivity index (χ3v) is 4.53. The fourth-order valence-corrected chi connectivity index (χ4v) is 2.94. The molecule has 7 nitrogen and oxygen atoms in total. The van der Waals surface area contributed by atoms with Crippen molar-refractivity contribution in [3.05, 3.63) is 65.6 Å². The molecule has 0 fully saturated rings. The van der Waals surface area contributed by atoms with Gasteiger partial charge in [-0.25, -0.2) is 9.97 Å². The van der Waals surface area contributed by atoms with E-state index in [-0.39, 0.29) is 11.6 Å². The van der Waals surface area contributed by atoms with E-state index in [4.69, 9.17) is 9.47 Å². The average Bonchev–Trinajstić information content (AvgIpc) is 2.75. The highest BCUT2D eigenvalue weighted by atomic mass is 16.5. The van der Waals surface area contributed by atoms with Crippen LogP contribution in [0.4, 0.5) is 17.2 Å². The molecule has 3 rings (SSSR count). The summed E-state index contributed by atoms with van der Waals surface area (Å²) in [6, 6.07) is 11.4. The molecule has 0 saturated carbocycles. The van der Waals surface area contributed by atoms with Crippen molar-refractivity contribution in [2.45, 2.75) is 20.3 Å². The summed E-state index contributed by atoms with van der Waals surface area (Å²) in [4.78, 5) is 21.2. The standard InChI is InChI=1S/C22H24N4O3/c1-5-15-8-6-7-14(2)21(15)26-22(27)18-12-24-20(13-23-18)25-17-11-16(28-3)9-10-19(17)29-4/h6-13H,5H2,1-4H3,(H,24,25)(H,26,27). The summed E-state index contributed by atoms with van der Waals surface area (Å²) in [5.41, 5.74) is 3.83. The van der Waals surface area contributed by atoms with Crippen LogP contribution in [-0.2, 0) is 6.42 Å². The van der Waals surface area contributed by atoms with E-state index >= 15 is 0 Å². The maximum atomic E-state index is 12.6. The van der Waals surface area contributed by atoms with Crippen LogP contribution in [0.3, 0.4) is 0 Å². The van der Waals surface area contributed by atoms with Gasteiger partial charge < -0.3 is 20.1 Å². The van der Waals surface area contributed by atoms with Crippen molar-refractivity contribution in [3.63, 3.8) is 0 Å². The molecule has 0 aliphatic carbocycles. The Morgan fingerprint density at radius 3 is 2.55 bits per heavy atom. The maximum Gasteiger partial charge on any atom is 0.275 e. The second-order valence-electron chi connectivity index (χ2n) is 6.39. The predicted molar refractivity (Wildman–Crippen MR) is 113 cm³/mol. The van der Waals surface area contributed by atoms with Crippen LogP contribution < -0.4 is 20.1 Å². The van der Waals surface area contributed by atoms with E-state index in [2.05, 4.69) is 27.5 Å². The molecule has 0 bridgehead atoms. The Balaban J connectivity index is 1.76. The number of carbonyl (C=O) groups excluding carboxylic acids is 1. The van der Waals surface area contributed by atoms with Gasteiger partial charge in [0.05, 0.1) is 32.3 Å². The second-order valence-corrected chi connectivity index (χ2v) is 6.39. The minimum absolute atomic E-state index is 0.235. The number of hydrogen-bond acceptors (Lipinski definition) is 6. The Labute approximate surface area is 170 Å². The first-order valence-electron chi connectivity index (χ1n) is 9.26. The van der Waals surface area contributed by atoms with Crippen LogP contribution in [0.25, 0.3) is 0 Å². The Morgan fingerprint density at radius 1 is 1.07 bits per heavy atom. The van der Waals surface area contributed by atoms with E-state index in [9.17, 15) is 4.79 Å². The van der Waals surface area contributed by atoms with Crippen molar-refractivity contribution in [2.75, 3.05) is 24.9 Å². The second kappa shape index (κ2) is 9.05. The molecule has 0 atom stereocenters. The first-order chi connectivity index (χ1) is 14.0. The van der Waals surface area contributed by atoms with E-state index in [0.717, 1.165) is 23.2 Å². The average molecular weight is 392 g/mol. The van der Waals surface area contributed by atoms with Crippen molar-refractivity contribution in [1.29, 1.82) is 0 Å². The Hall–Kier alpha value is -3.61. The monoisotopic (exact) mass is 392 g/mol. The summed E-state index contributed by atoms with van der Waals surface area (Å²) in [5.74, 6) is 1.51. The van der Waals surface area contributed by atoms with E-state index in [1.54, 1.807) is 32.4 Å². The van der Waals surface area contributed by atoms with Crippen molar-refractivity contribution in [2.24, 2.45) is 0 Å². The molecule has 1 amide bonds. The van der Waals surface area contributed by atoms with Gasteiger partial charge in [-0.2, -0.15) is 0 Å². The molecule has 3 aromatic rings. The van der Waals surface area contributed by atoms with Gasteiger partial charge in [0.25, 0.3) is 5.91 Å². The fourth-order valence-electron chi connectivity index (χ4n) is 2.94. The summed E-state index contributed by atoms with van der Waals surface area (Å²) in [6.07, 6.45) is 3.77. The van der Waals surface area contributed by atoms with Gasteiger partial charge in [0, 0.05) is 11.8 Å². The molecule has 7 heteroatoms. The Kier molecular flexibility index (Phi) is 6.29. The van der Waals surface area contributed by atoms with Crippen LogP contribution in [0.5, 0.6) is 11.5 Å². The first-order valence-corrected chi connectivity index (χ1v) is 9.26. The zero-order valence-electron chi connectivity index (χ0n) is 16.9. The first kappa shape index (κ1) is 20.1. The molecule has 0 aliphatic rings. The topological polar surface area (TPSA) is 85.4 Å². The molecule has 1 heterocycles. The zero-order valence-corrected chi connectivity index (χ0v) is 16.9. The van der Waals surface area contributed by atoms with E-state index < -0.39 is 0 Å². The number of hydrogen-bond donors (Lipinski definition) is 2. The van der Waals surface area contributed by atoms with Gasteiger partial charge in [0.15, 0.2) is 0 Å². The number of ether oxygens (including phenoxy) is 2. The summed E-state index contributed by atoms with van der Waals surface area (Å²) < 4.78 is 10.6. The number of amides is 1. The summed E-state index contributed by atoms with van der Waals surface area (Å²) in [7, 11) is 3.18. The number of nitrogens with one attached hydrogen (secondary N) is 2. The van der Waals surface area contributed by atoms with Gasteiger partial charge in [0.1, 0.15) is 23.0 Å². The quantitative estimate of drug-likeness (QED) is 0.621. The third-order valence-electron chi connectivity index (χ3n) is 4.53. The molecule has 0 spiro atoms. The molecular weight excluding hydrogens is 368 g/mol. The van der Waals surface area contributed by atoms with Crippen LogP contribution in [0, 0.1) is 6.92 Å². The number of aromatic nitrogens is 2. The summed E-state index contributed by atoms with van der Waals surface area (Å²) in [6.45, 7) is 4.02. The number of nitrogens with zero attached hydrogens (tertiary/aromatic N) is 2. The lowest BCUT2D eigenvalue weighted by Gasteiger charge is -2.13. The molecule has 150 valence electrons. The lowest BCUT2D eigenvalue weighted by Crippen LogP contribution is -2.16. The minimum Gasteiger partial charge on any atom is -0.497 e. The van der Waals surface area contributed by atoms with Crippen LogP contribution in [-0.4, -0.2) is 30.1 Å². The van der Waals surface area contributed by atoms with E-state index in [1.165, 1.54) is 12.4 Å². The lowest BCUT2D eigenvalue weighted by atomic mass is 10.1. The minimum atomic E-state index is -0.299. The van der Waals surface area contributed by atoms with Gasteiger partial charge in [-0.15, -0.1) is 0 Å². The molecule has 1 aromatic heterocycles. The van der Waals surface area contributed by atoms with Gasteiger partial charge >= 0.3 is 0 Å². The molecule has 2 N–H and O–H groups in total. The Morgan fingerprint density at radius 2 is 1.90 bits per heavy atom. The van der Waals surface area contributed by atoms with Crippen molar-refractivity contribution < 1.29 is 14.3 Å². The van der Waals surface area contributed by atoms with E-state index in [0.29, 0.717) is 23.0 Å². The van der Waals surface area contributed by atoms with Crippen LogP contribution in [0.1, 0.15) is 28.5 Å². The molecule has 0 unspecified atom stereocenters. The van der Waals surface area contributed by atoms with Crippen LogP contribution in [0.2, 0.25) is 0 Å². The van der Waals surface area contributed by atoms with Gasteiger partial charge in [0.2, 0.25) is 0 Å². The normalized spacial score (nSPS) is 10.3. The fraction of sp³-hybridized carbons (Fsp3) is 0.227. The van der Waals surface area contributed by atoms with Crippen LogP contribution in [0.15, 0.2) is 48.8 Å². The number of carbonyl (C=O) groups is 1.